The van der Waals surface area contributed by atoms with E-state index in [0.29, 0.717) is 25.4 Å². The predicted molar refractivity (Wildman–Crippen MR) is 86.5 cm³/mol. The average Bonchev–Trinajstić information content (AvgIpc) is 2.99. The maximum Gasteiger partial charge on any atom is 0.306 e. The number of ether oxygens (including phenoxy) is 3. The van der Waals surface area contributed by atoms with E-state index in [0.717, 1.165) is 23.3 Å². The number of esters is 1. The Morgan fingerprint density at radius 2 is 1.91 bits per heavy atom. The minimum Gasteiger partial charge on any atom is -0.493 e. The van der Waals surface area contributed by atoms with E-state index >= 15 is 0 Å². The van der Waals surface area contributed by atoms with E-state index in [1.54, 1.807) is 7.11 Å². The predicted octanol–water partition coefficient (Wildman–Crippen LogP) is 3.38. The molecule has 1 unspecified atom stereocenters. The average molecular weight is 313 g/mol. The molecule has 2 aromatic carbocycles. The Kier molecular flexibility index (Phi) is 4.81. The van der Waals surface area contributed by atoms with E-state index < -0.39 is 0 Å². The first kappa shape index (κ1) is 15.4. The summed E-state index contributed by atoms with van der Waals surface area (Å²) < 4.78 is 16.3. The Morgan fingerprint density at radius 3 is 2.61 bits per heavy atom. The molecule has 1 fully saturated rings. The van der Waals surface area contributed by atoms with Gasteiger partial charge in [-0.2, -0.15) is 0 Å². The van der Waals surface area contributed by atoms with Crippen molar-refractivity contribution in [1.82, 2.24) is 0 Å². The van der Waals surface area contributed by atoms with Gasteiger partial charge in [0.25, 0.3) is 0 Å². The van der Waals surface area contributed by atoms with E-state index in [4.69, 9.17) is 14.2 Å². The van der Waals surface area contributed by atoms with Gasteiger partial charge in [0, 0.05) is 5.92 Å². The van der Waals surface area contributed by atoms with Crippen LogP contribution in [0.25, 0.3) is 0 Å². The molecule has 23 heavy (non-hydrogen) atoms. The molecule has 0 aliphatic carbocycles. The largest absolute Gasteiger partial charge is 0.493 e. The van der Waals surface area contributed by atoms with Crippen LogP contribution >= 0.6 is 0 Å². The van der Waals surface area contributed by atoms with Crippen molar-refractivity contribution >= 4 is 5.97 Å². The zero-order valence-corrected chi connectivity index (χ0v) is 13.2. The molecule has 4 heteroatoms. The first-order valence-corrected chi connectivity index (χ1v) is 7.74. The summed E-state index contributed by atoms with van der Waals surface area (Å²) in [6, 6.07) is 15.9. The fourth-order valence-electron chi connectivity index (χ4n) is 2.72. The Labute approximate surface area is 136 Å². The molecule has 4 nitrogen and oxygen atoms in total. The Bertz CT molecular complexity index is 666. The second-order valence-corrected chi connectivity index (χ2v) is 5.72. The van der Waals surface area contributed by atoms with Crippen LogP contribution in [0.2, 0.25) is 0 Å². The van der Waals surface area contributed by atoms with Gasteiger partial charge >= 0.3 is 5.97 Å². The molecular weight excluding hydrogens is 293 g/mol. The normalized spacial score (nSPS) is 16.9. The van der Waals surface area contributed by atoms with Crippen molar-refractivity contribution in [3.05, 3.63) is 59.7 Å². The van der Waals surface area contributed by atoms with Crippen LogP contribution < -0.4 is 9.47 Å². The highest BCUT2D eigenvalue weighted by Gasteiger charge is 2.24. The summed E-state index contributed by atoms with van der Waals surface area (Å²) in [5.74, 6) is 1.58. The van der Waals surface area contributed by atoms with Gasteiger partial charge in [0.1, 0.15) is 6.61 Å². The summed E-state index contributed by atoms with van der Waals surface area (Å²) in [5, 5.41) is 0. The second kappa shape index (κ2) is 7.18. The number of carbonyl (C=O) groups is 1. The third-order valence-electron chi connectivity index (χ3n) is 3.92. The number of rotatable bonds is 6. The van der Waals surface area contributed by atoms with Gasteiger partial charge in [0.15, 0.2) is 11.5 Å². The zero-order valence-electron chi connectivity index (χ0n) is 13.2. The Balaban J connectivity index is 1.65. The van der Waals surface area contributed by atoms with E-state index in [-0.39, 0.29) is 11.9 Å². The third kappa shape index (κ3) is 4.03. The minimum atomic E-state index is -0.107. The maximum absolute atomic E-state index is 11.2. The first-order chi connectivity index (χ1) is 11.2. The lowest BCUT2D eigenvalue weighted by Crippen LogP contribution is -2.04. The monoisotopic (exact) mass is 313 g/mol. The van der Waals surface area contributed by atoms with Gasteiger partial charge in [-0.3, -0.25) is 4.79 Å². The number of methoxy groups -OCH3 is 1. The fourth-order valence-corrected chi connectivity index (χ4v) is 2.72. The van der Waals surface area contributed by atoms with Crippen molar-refractivity contribution in [2.24, 2.45) is 5.92 Å². The van der Waals surface area contributed by atoms with E-state index in [1.807, 2.05) is 48.5 Å². The molecule has 1 aliphatic rings. The summed E-state index contributed by atoms with van der Waals surface area (Å²) in [4.78, 5) is 11.2. The number of hydrogen-bond acceptors (Lipinski definition) is 4. The van der Waals surface area contributed by atoms with Crippen LogP contribution in [0.4, 0.5) is 0 Å². The minimum absolute atomic E-state index is 0.107. The molecule has 120 valence electrons. The molecular formula is C19H20O4. The lowest BCUT2D eigenvalue weighted by molar-refractivity contribution is -0.137. The maximum atomic E-state index is 11.2. The van der Waals surface area contributed by atoms with Gasteiger partial charge < -0.3 is 14.2 Å². The molecule has 1 saturated heterocycles. The van der Waals surface area contributed by atoms with Crippen molar-refractivity contribution in [2.45, 2.75) is 19.4 Å². The molecule has 1 heterocycles. The molecule has 2 aromatic rings. The van der Waals surface area contributed by atoms with E-state index in [1.165, 1.54) is 0 Å². The van der Waals surface area contributed by atoms with Gasteiger partial charge in [0.2, 0.25) is 0 Å². The molecule has 3 rings (SSSR count). The van der Waals surface area contributed by atoms with Crippen molar-refractivity contribution in [1.29, 1.82) is 0 Å². The lowest BCUT2D eigenvalue weighted by Gasteiger charge is -2.13. The zero-order chi connectivity index (χ0) is 16.1. The van der Waals surface area contributed by atoms with E-state index in [2.05, 4.69) is 0 Å². The summed E-state index contributed by atoms with van der Waals surface area (Å²) in [6.45, 7) is 1.01. The molecule has 0 spiro atoms. The summed E-state index contributed by atoms with van der Waals surface area (Å²) in [7, 11) is 1.64. The number of benzene rings is 2. The van der Waals surface area contributed by atoms with Crippen LogP contribution in [0.15, 0.2) is 48.5 Å². The molecule has 1 atom stereocenters. The Hall–Kier alpha value is -2.49. The van der Waals surface area contributed by atoms with Gasteiger partial charge in [-0.25, -0.2) is 0 Å². The molecule has 0 radical (unpaired) electrons. The van der Waals surface area contributed by atoms with Crippen LogP contribution in [-0.2, 0) is 22.6 Å². The highest BCUT2D eigenvalue weighted by Crippen LogP contribution is 2.30. The van der Waals surface area contributed by atoms with Gasteiger partial charge in [-0.1, -0.05) is 36.4 Å². The van der Waals surface area contributed by atoms with Gasteiger partial charge in [-0.15, -0.1) is 0 Å². The van der Waals surface area contributed by atoms with Crippen LogP contribution in [0, 0.1) is 5.92 Å². The summed E-state index contributed by atoms with van der Waals surface area (Å²) >= 11 is 0. The van der Waals surface area contributed by atoms with E-state index in [9.17, 15) is 4.79 Å². The SMILES string of the molecule is COc1cc([13CH2]C2COC(=O)C2)ccc1OCc1ccccc1. The molecule has 0 aromatic heterocycles. The number of carbonyl (C=O) groups excluding carboxylic acids is 1. The molecule has 1 aliphatic heterocycles. The quantitative estimate of drug-likeness (QED) is 0.606. The highest BCUT2D eigenvalue weighted by atomic mass is 16.5. The Morgan fingerprint density at radius 1 is 1.09 bits per heavy atom. The first-order valence-electron chi connectivity index (χ1n) is 7.74. The highest BCUT2D eigenvalue weighted by molar-refractivity contribution is 5.71. The van der Waals surface area contributed by atoms with Crippen molar-refractivity contribution in [2.75, 3.05) is 13.7 Å². The third-order valence-corrected chi connectivity index (χ3v) is 3.92. The topological polar surface area (TPSA) is 44.8 Å². The van der Waals surface area contributed by atoms with Crippen molar-refractivity contribution < 1.29 is 19.0 Å². The van der Waals surface area contributed by atoms with Crippen molar-refractivity contribution in [3.8, 4) is 11.5 Å². The number of cyclic esters (lactones) is 1. The van der Waals surface area contributed by atoms with Crippen LogP contribution in [0.3, 0.4) is 0 Å². The lowest BCUT2D eigenvalue weighted by atomic mass is 10.1. The number of hydrogen-bond donors (Lipinski definition) is 0. The van der Waals surface area contributed by atoms with Crippen LogP contribution in [0.1, 0.15) is 17.5 Å². The van der Waals surface area contributed by atoms with Crippen LogP contribution in [0.5, 0.6) is 11.5 Å². The summed E-state index contributed by atoms with van der Waals surface area (Å²) in [5.41, 5.74) is 2.23. The van der Waals surface area contributed by atoms with Gasteiger partial charge in [-0.05, 0) is 29.7 Å². The molecule has 0 bridgehead atoms. The fraction of sp³-hybridized carbons (Fsp3) is 0.316. The van der Waals surface area contributed by atoms with Gasteiger partial charge in [0.05, 0.1) is 20.1 Å². The standard InChI is InChI=1S/C19H20O4/c1-21-18-10-15(9-16-11-19(20)23-13-16)7-8-17(18)22-12-14-5-3-2-4-6-14/h2-8,10,16H,9,11-13H2,1H3/i9+1. The van der Waals surface area contributed by atoms with Crippen LogP contribution in [-0.4, -0.2) is 19.7 Å². The molecule has 0 N–H and O–H groups in total. The molecule has 0 amide bonds. The smallest absolute Gasteiger partial charge is 0.306 e. The molecule has 0 saturated carbocycles. The van der Waals surface area contributed by atoms with Crippen molar-refractivity contribution in [3.63, 3.8) is 0 Å². The second-order valence-electron chi connectivity index (χ2n) is 5.72. The summed E-state index contributed by atoms with van der Waals surface area (Å²) in [6.07, 6.45) is 1.30.